The molecule has 0 saturated heterocycles. The van der Waals surface area contributed by atoms with Crippen LogP contribution in [0.1, 0.15) is 32.6 Å². The van der Waals surface area contributed by atoms with Crippen molar-refractivity contribution in [2.24, 2.45) is 0 Å². The third-order valence-corrected chi connectivity index (χ3v) is 4.16. The normalized spacial score (nSPS) is 10.5. The average molecular weight is 277 g/mol. The van der Waals surface area contributed by atoms with Crippen molar-refractivity contribution in [3.05, 3.63) is 51.0 Å². The van der Waals surface area contributed by atoms with E-state index in [-0.39, 0.29) is 11.7 Å². The number of carbonyl (C=O) groups is 1. The zero-order chi connectivity index (χ0) is 14.0. The largest absolute Gasteiger partial charge is 0.321 e. The van der Waals surface area contributed by atoms with E-state index >= 15 is 0 Å². The second kappa shape index (κ2) is 5.53. The van der Waals surface area contributed by atoms with Gasteiger partial charge in [-0.25, -0.2) is 4.39 Å². The van der Waals surface area contributed by atoms with E-state index in [2.05, 4.69) is 12.2 Å². The number of halogens is 1. The van der Waals surface area contributed by atoms with E-state index in [4.69, 9.17) is 0 Å². The van der Waals surface area contributed by atoms with Gasteiger partial charge in [-0.2, -0.15) is 0 Å². The Morgan fingerprint density at radius 3 is 2.68 bits per heavy atom. The molecule has 0 aliphatic heterocycles. The van der Waals surface area contributed by atoms with E-state index in [0.717, 1.165) is 16.9 Å². The molecule has 0 aliphatic carbocycles. The van der Waals surface area contributed by atoms with E-state index in [1.807, 2.05) is 19.9 Å². The van der Waals surface area contributed by atoms with Crippen LogP contribution < -0.4 is 5.32 Å². The first kappa shape index (κ1) is 13.7. The molecule has 1 N–H and O–H groups in total. The molecule has 0 fully saturated rings. The molecular weight excluding hydrogens is 261 g/mol. The summed E-state index contributed by atoms with van der Waals surface area (Å²) in [7, 11) is 0. The van der Waals surface area contributed by atoms with Gasteiger partial charge in [-0.05, 0) is 49.6 Å². The number of aryl methyl sites for hydroxylation is 3. The van der Waals surface area contributed by atoms with Gasteiger partial charge in [0.15, 0.2) is 0 Å². The lowest BCUT2D eigenvalue weighted by Gasteiger charge is -2.07. The van der Waals surface area contributed by atoms with Crippen molar-refractivity contribution in [1.82, 2.24) is 0 Å². The fraction of sp³-hybridized carbons (Fsp3) is 0.267. The smallest absolute Gasteiger partial charge is 0.265 e. The van der Waals surface area contributed by atoms with Crippen LogP contribution in [0.5, 0.6) is 0 Å². The van der Waals surface area contributed by atoms with Gasteiger partial charge >= 0.3 is 0 Å². The van der Waals surface area contributed by atoms with Gasteiger partial charge in [0, 0.05) is 10.6 Å². The molecule has 0 aliphatic rings. The van der Waals surface area contributed by atoms with Crippen molar-refractivity contribution >= 4 is 22.9 Å². The molecule has 4 heteroatoms. The molecule has 2 nitrogen and oxygen atoms in total. The Kier molecular flexibility index (Phi) is 4.00. The summed E-state index contributed by atoms with van der Waals surface area (Å²) in [5.41, 5.74) is 2.55. The Hall–Kier alpha value is -1.68. The summed E-state index contributed by atoms with van der Waals surface area (Å²) in [5, 5.41) is 2.76. The second-order valence-corrected chi connectivity index (χ2v) is 5.72. The van der Waals surface area contributed by atoms with Gasteiger partial charge in [-0.3, -0.25) is 4.79 Å². The monoisotopic (exact) mass is 277 g/mol. The third kappa shape index (κ3) is 3.01. The number of carbonyl (C=O) groups excluding carboxylic acids is 1. The van der Waals surface area contributed by atoms with Crippen LogP contribution in [0.15, 0.2) is 24.3 Å². The number of rotatable bonds is 3. The minimum Gasteiger partial charge on any atom is -0.321 e. The maximum Gasteiger partial charge on any atom is 0.265 e. The number of amides is 1. The summed E-state index contributed by atoms with van der Waals surface area (Å²) in [6.07, 6.45) is 0.911. The molecule has 2 rings (SSSR count). The molecule has 19 heavy (non-hydrogen) atoms. The average Bonchev–Trinajstić information content (AvgIpc) is 2.75. The number of anilines is 1. The highest BCUT2D eigenvalue weighted by Crippen LogP contribution is 2.24. The topological polar surface area (TPSA) is 29.1 Å². The summed E-state index contributed by atoms with van der Waals surface area (Å²) in [6, 6.07) is 6.29. The first-order valence-electron chi connectivity index (χ1n) is 6.18. The maximum absolute atomic E-state index is 13.2. The molecule has 0 bridgehead atoms. The molecule has 0 atom stereocenters. The van der Waals surface area contributed by atoms with Gasteiger partial charge in [0.2, 0.25) is 0 Å². The van der Waals surface area contributed by atoms with E-state index in [1.165, 1.54) is 29.0 Å². The molecular formula is C15H16FNOS. The zero-order valence-corrected chi connectivity index (χ0v) is 12.0. The lowest BCUT2D eigenvalue weighted by Crippen LogP contribution is -2.11. The van der Waals surface area contributed by atoms with Gasteiger partial charge in [-0.15, -0.1) is 11.3 Å². The summed E-state index contributed by atoms with van der Waals surface area (Å²) >= 11 is 1.47. The van der Waals surface area contributed by atoms with Gasteiger partial charge in [0.25, 0.3) is 5.91 Å². The van der Waals surface area contributed by atoms with E-state index < -0.39 is 0 Å². The van der Waals surface area contributed by atoms with E-state index in [0.29, 0.717) is 10.6 Å². The highest BCUT2D eigenvalue weighted by molar-refractivity contribution is 7.14. The highest BCUT2D eigenvalue weighted by atomic mass is 32.1. The van der Waals surface area contributed by atoms with Crippen LogP contribution in [0.25, 0.3) is 0 Å². The minimum absolute atomic E-state index is 0.179. The molecule has 1 heterocycles. The van der Waals surface area contributed by atoms with Crippen LogP contribution in [0.3, 0.4) is 0 Å². The van der Waals surface area contributed by atoms with Crippen molar-refractivity contribution in [2.45, 2.75) is 27.2 Å². The zero-order valence-electron chi connectivity index (χ0n) is 11.2. The van der Waals surface area contributed by atoms with E-state index in [1.54, 1.807) is 6.07 Å². The quantitative estimate of drug-likeness (QED) is 0.889. The van der Waals surface area contributed by atoms with Crippen LogP contribution in [0.2, 0.25) is 0 Å². The Balaban J connectivity index is 2.22. The summed E-state index contributed by atoms with van der Waals surface area (Å²) in [6.45, 7) is 5.91. The fourth-order valence-electron chi connectivity index (χ4n) is 1.90. The predicted molar refractivity (Wildman–Crippen MR) is 77.5 cm³/mol. The fourth-order valence-corrected chi connectivity index (χ4v) is 2.90. The van der Waals surface area contributed by atoms with Crippen LogP contribution >= 0.6 is 11.3 Å². The third-order valence-electron chi connectivity index (χ3n) is 3.07. The first-order chi connectivity index (χ1) is 9.01. The number of hydrogen-bond acceptors (Lipinski definition) is 2. The first-order valence-corrected chi connectivity index (χ1v) is 6.99. The standard InChI is InChI=1S/C15H16FNOS/c1-4-11-7-14(19-10(11)3)15(18)17-13-8-12(16)6-5-9(13)2/h5-8H,4H2,1-3H3,(H,17,18). The van der Waals surface area contributed by atoms with Crippen molar-refractivity contribution in [3.8, 4) is 0 Å². The number of nitrogens with one attached hydrogen (secondary N) is 1. The summed E-state index contributed by atoms with van der Waals surface area (Å²) in [5.74, 6) is -0.529. The van der Waals surface area contributed by atoms with E-state index in [9.17, 15) is 9.18 Å². The molecule has 0 radical (unpaired) electrons. The number of hydrogen-bond donors (Lipinski definition) is 1. The molecule has 0 saturated carbocycles. The van der Waals surface area contributed by atoms with Gasteiger partial charge in [-0.1, -0.05) is 13.0 Å². The van der Waals surface area contributed by atoms with Crippen molar-refractivity contribution in [2.75, 3.05) is 5.32 Å². The van der Waals surface area contributed by atoms with Crippen LogP contribution in [0, 0.1) is 19.7 Å². The SMILES string of the molecule is CCc1cc(C(=O)Nc2cc(F)ccc2C)sc1C. The predicted octanol–water partition coefficient (Wildman–Crippen LogP) is 4.32. The lowest BCUT2D eigenvalue weighted by atomic mass is 10.2. The molecule has 2 aromatic rings. The number of thiophene rings is 1. The van der Waals surface area contributed by atoms with Gasteiger partial charge in [0.1, 0.15) is 5.82 Å². The maximum atomic E-state index is 13.2. The molecule has 1 aromatic carbocycles. The van der Waals surface area contributed by atoms with Crippen LogP contribution in [0.4, 0.5) is 10.1 Å². The molecule has 100 valence electrons. The van der Waals surface area contributed by atoms with Crippen LogP contribution in [-0.2, 0) is 6.42 Å². The summed E-state index contributed by atoms with van der Waals surface area (Å²) in [4.78, 5) is 14.0. The Bertz CT molecular complexity index is 619. The Morgan fingerprint density at radius 1 is 1.32 bits per heavy atom. The van der Waals surface area contributed by atoms with Crippen molar-refractivity contribution < 1.29 is 9.18 Å². The molecule has 0 unspecified atom stereocenters. The second-order valence-electron chi connectivity index (χ2n) is 4.46. The molecule has 1 aromatic heterocycles. The van der Waals surface area contributed by atoms with Crippen molar-refractivity contribution in [3.63, 3.8) is 0 Å². The minimum atomic E-state index is -0.350. The van der Waals surface area contributed by atoms with Gasteiger partial charge < -0.3 is 5.32 Å². The Morgan fingerprint density at radius 2 is 2.05 bits per heavy atom. The van der Waals surface area contributed by atoms with Gasteiger partial charge in [0.05, 0.1) is 4.88 Å². The summed E-state index contributed by atoms with van der Waals surface area (Å²) < 4.78 is 13.2. The number of benzene rings is 1. The molecule has 1 amide bonds. The lowest BCUT2D eigenvalue weighted by molar-refractivity contribution is 0.103. The van der Waals surface area contributed by atoms with Crippen LogP contribution in [-0.4, -0.2) is 5.91 Å². The molecule has 0 spiro atoms. The Labute approximate surface area is 116 Å². The van der Waals surface area contributed by atoms with Crippen molar-refractivity contribution in [1.29, 1.82) is 0 Å². The highest BCUT2D eigenvalue weighted by Gasteiger charge is 2.13.